The van der Waals surface area contributed by atoms with Crippen molar-refractivity contribution in [1.29, 1.82) is 0 Å². The maximum absolute atomic E-state index is 11.8. The lowest BCUT2D eigenvalue weighted by atomic mass is 10.2. The lowest BCUT2D eigenvalue weighted by Gasteiger charge is -2.03. The molecular formula is C12H11ClN2O3. The summed E-state index contributed by atoms with van der Waals surface area (Å²) in [6, 6.07) is 5.01. The Hall–Kier alpha value is -1.88. The second-order valence-corrected chi connectivity index (χ2v) is 4.13. The Morgan fingerprint density at radius 2 is 2.28 bits per heavy atom. The third kappa shape index (κ3) is 2.51. The minimum atomic E-state index is -0.350. The molecule has 5 nitrogen and oxygen atoms in total. The van der Waals surface area contributed by atoms with E-state index in [4.69, 9.17) is 11.6 Å². The molecule has 0 radical (unpaired) electrons. The number of nitrogens with zero attached hydrogens (tertiary/aromatic N) is 1. The molecule has 0 spiro atoms. The molecule has 1 aromatic carbocycles. The summed E-state index contributed by atoms with van der Waals surface area (Å²) >= 11 is 5.98. The number of hydrogen-bond donors (Lipinski definition) is 1. The third-order valence-corrected chi connectivity index (χ3v) is 2.83. The van der Waals surface area contributed by atoms with E-state index in [0.717, 1.165) is 0 Å². The normalized spacial score (nSPS) is 10.6. The number of hydrogen-bond acceptors (Lipinski definition) is 4. The minimum Gasteiger partial charge on any atom is -0.469 e. The largest absolute Gasteiger partial charge is 0.469 e. The number of ether oxygens (including phenoxy) is 1. The van der Waals surface area contributed by atoms with E-state index in [-0.39, 0.29) is 17.9 Å². The summed E-state index contributed by atoms with van der Waals surface area (Å²) in [4.78, 5) is 29.7. The SMILES string of the molecule is COC(=O)CCc1nc2c(Cl)cccc2c(=O)[nH]1. The van der Waals surface area contributed by atoms with Gasteiger partial charge in [0.1, 0.15) is 5.82 Å². The number of nitrogens with one attached hydrogen (secondary N) is 1. The molecule has 0 aliphatic heterocycles. The summed E-state index contributed by atoms with van der Waals surface area (Å²) < 4.78 is 4.53. The number of rotatable bonds is 3. The Morgan fingerprint density at radius 1 is 1.50 bits per heavy atom. The second kappa shape index (κ2) is 5.18. The molecule has 0 amide bonds. The van der Waals surface area contributed by atoms with Crippen molar-refractivity contribution in [2.75, 3.05) is 7.11 Å². The zero-order valence-corrected chi connectivity index (χ0v) is 10.5. The van der Waals surface area contributed by atoms with E-state index in [0.29, 0.717) is 28.2 Å². The molecular weight excluding hydrogens is 256 g/mol. The van der Waals surface area contributed by atoms with E-state index in [1.165, 1.54) is 7.11 Å². The van der Waals surface area contributed by atoms with E-state index in [9.17, 15) is 9.59 Å². The average Bonchev–Trinajstić information content (AvgIpc) is 2.37. The Kier molecular flexibility index (Phi) is 3.62. The molecule has 0 unspecified atom stereocenters. The Balaban J connectivity index is 2.39. The molecule has 2 rings (SSSR count). The summed E-state index contributed by atoms with van der Waals surface area (Å²) in [6.07, 6.45) is 0.471. The van der Waals surface area contributed by atoms with Crippen LogP contribution in [0.25, 0.3) is 10.9 Å². The molecule has 6 heteroatoms. The Bertz CT molecular complexity index is 651. The number of benzene rings is 1. The number of H-pyrrole nitrogens is 1. The van der Waals surface area contributed by atoms with Crippen LogP contribution in [0.4, 0.5) is 0 Å². The smallest absolute Gasteiger partial charge is 0.305 e. The van der Waals surface area contributed by atoms with Crippen molar-refractivity contribution < 1.29 is 9.53 Å². The molecule has 0 saturated carbocycles. The van der Waals surface area contributed by atoms with Crippen LogP contribution in [0.3, 0.4) is 0 Å². The van der Waals surface area contributed by atoms with Crippen LogP contribution in [0.5, 0.6) is 0 Å². The summed E-state index contributed by atoms with van der Waals surface area (Å²) in [5.74, 6) is 0.0721. The molecule has 1 heterocycles. The van der Waals surface area contributed by atoms with Crippen LogP contribution in [0.15, 0.2) is 23.0 Å². The maximum atomic E-state index is 11.8. The van der Waals surface area contributed by atoms with Crippen molar-refractivity contribution in [3.8, 4) is 0 Å². The highest BCUT2D eigenvalue weighted by Gasteiger charge is 2.08. The summed E-state index contributed by atoms with van der Waals surface area (Å²) in [6.45, 7) is 0. The van der Waals surface area contributed by atoms with E-state index in [1.807, 2.05) is 0 Å². The first-order chi connectivity index (χ1) is 8.61. The van der Waals surface area contributed by atoms with Gasteiger partial charge in [-0.05, 0) is 12.1 Å². The number of carbonyl (C=O) groups is 1. The lowest BCUT2D eigenvalue weighted by molar-refractivity contribution is -0.140. The predicted octanol–water partition coefficient (Wildman–Crippen LogP) is 1.68. The quantitative estimate of drug-likeness (QED) is 0.858. The number of esters is 1. The van der Waals surface area contributed by atoms with Gasteiger partial charge in [0.25, 0.3) is 5.56 Å². The molecule has 0 atom stereocenters. The highest BCUT2D eigenvalue weighted by Crippen LogP contribution is 2.18. The first-order valence-corrected chi connectivity index (χ1v) is 5.74. The van der Waals surface area contributed by atoms with Crippen LogP contribution >= 0.6 is 11.6 Å². The zero-order chi connectivity index (χ0) is 13.1. The van der Waals surface area contributed by atoms with Crippen LogP contribution in [-0.4, -0.2) is 23.0 Å². The number of halogens is 1. The van der Waals surface area contributed by atoms with Gasteiger partial charge in [0.2, 0.25) is 0 Å². The van der Waals surface area contributed by atoms with Gasteiger partial charge in [-0.1, -0.05) is 17.7 Å². The number of aromatic amines is 1. The van der Waals surface area contributed by atoms with Gasteiger partial charge in [0, 0.05) is 6.42 Å². The summed E-state index contributed by atoms with van der Waals surface area (Å²) in [5, 5.41) is 0.849. The predicted molar refractivity (Wildman–Crippen MR) is 67.7 cm³/mol. The van der Waals surface area contributed by atoms with Crippen molar-refractivity contribution >= 4 is 28.5 Å². The van der Waals surface area contributed by atoms with Crippen molar-refractivity contribution in [3.05, 3.63) is 39.4 Å². The van der Waals surface area contributed by atoms with Crippen molar-refractivity contribution in [2.24, 2.45) is 0 Å². The first kappa shape index (κ1) is 12.6. The topological polar surface area (TPSA) is 72.0 Å². The highest BCUT2D eigenvalue weighted by molar-refractivity contribution is 6.34. The van der Waals surface area contributed by atoms with Gasteiger partial charge < -0.3 is 9.72 Å². The molecule has 94 valence electrons. The van der Waals surface area contributed by atoms with Gasteiger partial charge >= 0.3 is 5.97 Å². The average molecular weight is 267 g/mol. The van der Waals surface area contributed by atoms with Gasteiger partial charge in [-0.25, -0.2) is 4.98 Å². The van der Waals surface area contributed by atoms with E-state index in [1.54, 1.807) is 18.2 Å². The zero-order valence-electron chi connectivity index (χ0n) is 9.70. The van der Waals surface area contributed by atoms with Crippen molar-refractivity contribution in [3.63, 3.8) is 0 Å². The fourth-order valence-electron chi connectivity index (χ4n) is 1.61. The molecule has 0 aliphatic rings. The Morgan fingerprint density at radius 3 is 3.00 bits per heavy atom. The van der Waals surface area contributed by atoms with Crippen LogP contribution < -0.4 is 5.56 Å². The molecule has 18 heavy (non-hydrogen) atoms. The summed E-state index contributed by atoms with van der Waals surface area (Å²) in [5.41, 5.74) is 0.185. The first-order valence-electron chi connectivity index (χ1n) is 5.36. The fourth-order valence-corrected chi connectivity index (χ4v) is 1.83. The number of carbonyl (C=O) groups excluding carboxylic acids is 1. The van der Waals surface area contributed by atoms with Crippen LogP contribution in [0.1, 0.15) is 12.2 Å². The summed E-state index contributed by atoms with van der Waals surface area (Å²) in [7, 11) is 1.32. The fraction of sp³-hybridized carbons (Fsp3) is 0.250. The van der Waals surface area contributed by atoms with Gasteiger partial charge in [0.15, 0.2) is 0 Å². The Labute approximate surface area is 108 Å². The molecule has 0 fully saturated rings. The number of aromatic nitrogens is 2. The lowest BCUT2D eigenvalue weighted by Crippen LogP contribution is -2.13. The molecule has 1 N–H and O–H groups in total. The van der Waals surface area contributed by atoms with Gasteiger partial charge in [-0.3, -0.25) is 9.59 Å². The monoisotopic (exact) mass is 266 g/mol. The van der Waals surface area contributed by atoms with Crippen molar-refractivity contribution in [2.45, 2.75) is 12.8 Å². The molecule has 0 saturated heterocycles. The second-order valence-electron chi connectivity index (χ2n) is 3.72. The number of fused-ring (bicyclic) bond motifs is 1. The third-order valence-electron chi connectivity index (χ3n) is 2.53. The minimum absolute atomic E-state index is 0.162. The molecule has 2 aromatic rings. The number of methoxy groups -OCH3 is 1. The molecule has 0 bridgehead atoms. The van der Waals surface area contributed by atoms with Crippen LogP contribution in [-0.2, 0) is 16.0 Å². The van der Waals surface area contributed by atoms with Gasteiger partial charge in [0.05, 0.1) is 29.5 Å². The number of aryl methyl sites for hydroxylation is 1. The van der Waals surface area contributed by atoms with Crippen molar-refractivity contribution in [1.82, 2.24) is 9.97 Å². The van der Waals surface area contributed by atoms with E-state index >= 15 is 0 Å². The van der Waals surface area contributed by atoms with Crippen LogP contribution in [0, 0.1) is 0 Å². The van der Waals surface area contributed by atoms with E-state index in [2.05, 4.69) is 14.7 Å². The maximum Gasteiger partial charge on any atom is 0.305 e. The molecule has 1 aromatic heterocycles. The van der Waals surface area contributed by atoms with Gasteiger partial charge in [-0.15, -0.1) is 0 Å². The van der Waals surface area contributed by atoms with Crippen LogP contribution in [0.2, 0.25) is 5.02 Å². The van der Waals surface area contributed by atoms with E-state index < -0.39 is 0 Å². The van der Waals surface area contributed by atoms with Gasteiger partial charge in [-0.2, -0.15) is 0 Å². The number of para-hydroxylation sites is 1. The molecule has 0 aliphatic carbocycles. The standard InChI is InChI=1S/C12H11ClN2O3/c1-18-10(16)6-5-9-14-11-7(12(17)15-9)3-2-4-8(11)13/h2-4H,5-6H2,1H3,(H,14,15,17). The highest BCUT2D eigenvalue weighted by atomic mass is 35.5.